The predicted molar refractivity (Wildman–Crippen MR) is 67.2 cm³/mol. The fourth-order valence-corrected chi connectivity index (χ4v) is 1.46. The van der Waals surface area contributed by atoms with Gasteiger partial charge >= 0.3 is 0 Å². The fourth-order valence-electron chi connectivity index (χ4n) is 1.46. The van der Waals surface area contributed by atoms with E-state index in [1.165, 1.54) is 0 Å². The van der Waals surface area contributed by atoms with Crippen LogP contribution >= 0.6 is 0 Å². The van der Waals surface area contributed by atoms with Gasteiger partial charge in [-0.3, -0.25) is 9.59 Å². The third-order valence-electron chi connectivity index (χ3n) is 2.44. The normalized spacial score (nSPS) is 16.5. The van der Waals surface area contributed by atoms with E-state index in [0.717, 1.165) is 0 Å². The number of amides is 2. The van der Waals surface area contributed by atoms with Crippen LogP contribution in [0, 0.1) is 0 Å². The second kappa shape index (κ2) is 5.19. The van der Waals surface area contributed by atoms with Crippen LogP contribution in [0.1, 0.15) is 6.92 Å². The summed E-state index contributed by atoms with van der Waals surface area (Å²) in [4.78, 5) is 23.5. The first-order valence-corrected chi connectivity index (χ1v) is 5.55. The lowest BCUT2D eigenvalue weighted by atomic mass is 10.2. The van der Waals surface area contributed by atoms with Crippen molar-refractivity contribution in [3.8, 4) is 0 Å². The lowest BCUT2D eigenvalue weighted by Gasteiger charge is -2.13. The lowest BCUT2D eigenvalue weighted by molar-refractivity contribution is -0.126. The van der Waals surface area contributed by atoms with Crippen molar-refractivity contribution >= 4 is 11.8 Å². The molecule has 2 N–H and O–H groups in total. The van der Waals surface area contributed by atoms with E-state index in [1.807, 2.05) is 0 Å². The van der Waals surface area contributed by atoms with Crippen molar-refractivity contribution in [3.05, 3.63) is 59.2 Å². The number of nitrogens with one attached hydrogen (secondary N) is 2. The van der Waals surface area contributed by atoms with E-state index in [9.17, 15) is 9.59 Å². The molecule has 0 unspecified atom stereocenters. The van der Waals surface area contributed by atoms with E-state index in [1.54, 1.807) is 43.4 Å². The van der Waals surface area contributed by atoms with Crippen molar-refractivity contribution in [3.63, 3.8) is 0 Å². The Labute approximate surface area is 105 Å². The number of rotatable bonds is 4. The SMILES string of the molecule is C[C@@H](NC(=O)C1=C=CC=C1)C(=O)NC1=C=CC=C1. The van der Waals surface area contributed by atoms with Gasteiger partial charge in [0.05, 0.1) is 11.3 Å². The van der Waals surface area contributed by atoms with Crippen LogP contribution in [0.2, 0.25) is 0 Å². The number of hydrogen-bond acceptors (Lipinski definition) is 2. The molecule has 2 rings (SSSR count). The number of carbonyl (C=O) groups is 2. The molecule has 0 aromatic heterocycles. The highest BCUT2D eigenvalue weighted by Gasteiger charge is 2.17. The summed E-state index contributed by atoms with van der Waals surface area (Å²) in [5.41, 5.74) is 6.65. The molecule has 0 fully saturated rings. The van der Waals surface area contributed by atoms with Crippen LogP contribution in [-0.4, -0.2) is 17.9 Å². The lowest BCUT2D eigenvalue weighted by Crippen LogP contribution is -2.44. The maximum Gasteiger partial charge on any atom is 0.259 e. The molecule has 4 nitrogen and oxygen atoms in total. The van der Waals surface area contributed by atoms with Crippen LogP contribution in [0.5, 0.6) is 0 Å². The van der Waals surface area contributed by atoms with Crippen LogP contribution in [0.25, 0.3) is 0 Å². The van der Waals surface area contributed by atoms with E-state index in [2.05, 4.69) is 22.1 Å². The van der Waals surface area contributed by atoms with Gasteiger partial charge in [0.25, 0.3) is 5.91 Å². The summed E-state index contributed by atoms with van der Waals surface area (Å²) >= 11 is 0. The van der Waals surface area contributed by atoms with Crippen molar-refractivity contribution < 1.29 is 9.59 Å². The van der Waals surface area contributed by atoms with Crippen molar-refractivity contribution in [2.75, 3.05) is 0 Å². The summed E-state index contributed by atoms with van der Waals surface area (Å²) in [6.07, 6.45) is 10.2. The maximum absolute atomic E-state index is 11.8. The van der Waals surface area contributed by atoms with Gasteiger partial charge in [0.2, 0.25) is 5.91 Å². The molecule has 18 heavy (non-hydrogen) atoms. The fraction of sp³-hybridized carbons (Fsp3) is 0.143. The van der Waals surface area contributed by atoms with E-state index in [4.69, 9.17) is 0 Å². The van der Waals surface area contributed by atoms with Gasteiger partial charge in [-0.1, -0.05) is 17.9 Å². The Morgan fingerprint density at radius 1 is 1.17 bits per heavy atom. The molecule has 0 aliphatic heterocycles. The standard InChI is InChI=1S/C14H12N2O2/c1-10(13(17)16-12-8-4-5-9-12)15-14(18)11-6-2-3-7-11/h2-6,8,10H,1H3,(H,15,18)(H,16,17)/t10-/m1/s1. The molecule has 0 aromatic rings. The first kappa shape index (κ1) is 11.9. The van der Waals surface area contributed by atoms with Crippen molar-refractivity contribution in [2.24, 2.45) is 0 Å². The Morgan fingerprint density at radius 3 is 2.50 bits per heavy atom. The van der Waals surface area contributed by atoms with Gasteiger partial charge in [-0.15, -0.1) is 5.73 Å². The zero-order valence-electron chi connectivity index (χ0n) is 9.86. The van der Waals surface area contributed by atoms with Crippen LogP contribution in [0.3, 0.4) is 0 Å². The summed E-state index contributed by atoms with van der Waals surface area (Å²) in [6.45, 7) is 1.62. The monoisotopic (exact) mass is 240 g/mol. The van der Waals surface area contributed by atoms with Crippen LogP contribution < -0.4 is 10.6 Å². The van der Waals surface area contributed by atoms with Gasteiger partial charge in [0.15, 0.2) is 0 Å². The second-order valence-electron chi connectivity index (χ2n) is 3.85. The zero-order valence-corrected chi connectivity index (χ0v) is 9.86. The molecular formula is C14H12N2O2. The third kappa shape index (κ3) is 2.77. The quantitative estimate of drug-likeness (QED) is 0.716. The molecule has 2 amide bonds. The highest BCUT2D eigenvalue weighted by Crippen LogP contribution is 2.03. The molecule has 0 bridgehead atoms. The minimum Gasteiger partial charge on any atom is -0.340 e. The Morgan fingerprint density at radius 2 is 1.89 bits per heavy atom. The minimum atomic E-state index is -0.621. The van der Waals surface area contributed by atoms with E-state index >= 15 is 0 Å². The predicted octanol–water partition coefficient (Wildman–Crippen LogP) is 0.867. The Hall–Kier alpha value is -2.54. The summed E-state index contributed by atoms with van der Waals surface area (Å²) in [6, 6.07) is -0.621. The first-order chi connectivity index (χ1) is 8.66. The van der Waals surface area contributed by atoms with Gasteiger partial charge in [-0.05, 0) is 31.2 Å². The van der Waals surface area contributed by atoms with E-state index < -0.39 is 6.04 Å². The molecule has 90 valence electrons. The third-order valence-corrected chi connectivity index (χ3v) is 2.44. The smallest absolute Gasteiger partial charge is 0.259 e. The molecule has 0 radical (unpaired) electrons. The molecule has 0 saturated carbocycles. The van der Waals surface area contributed by atoms with E-state index in [0.29, 0.717) is 11.3 Å². The van der Waals surface area contributed by atoms with Crippen LogP contribution in [-0.2, 0) is 9.59 Å². The van der Waals surface area contributed by atoms with Gasteiger partial charge in [0.1, 0.15) is 6.04 Å². The minimum absolute atomic E-state index is 0.280. The molecule has 0 aromatic carbocycles. The number of carbonyl (C=O) groups excluding carboxylic acids is 2. The van der Waals surface area contributed by atoms with Crippen molar-refractivity contribution in [2.45, 2.75) is 13.0 Å². The Balaban J connectivity index is 1.89. The summed E-state index contributed by atoms with van der Waals surface area (Å²) < 4.78 is 0. The van der Waals surface area contributed by atoms with Crippen molar-refractivity contribution in [1.29, 1.82) is 0 Å². The number of hydrogen-bond donors (Lipinski definition) is 2. The van der Waals surface area contributed by atoms with E-state index in [-0.39, 0.29) is 11.8 Å². The van der Waals surface area contributed by atoms with Crippen molar-refractivity contribution in [1.82, 2.24) is 10.6 Å². The molecule has 2 aliphatic rings. The van der Waals surface area contributed by atoms with Gasteiger partial charge in [0, 0.05) is 0 Å². The summed E-state index contributed by atoms with van der Waals surface area (Å²) in [5.74, 6) is -0.591. The van der Waals surface area contributed by atoms with Crippen LogP contribution in [0.4, 0.5) is 0 Å². The van der Waals surface area contributed by atoms with Gasteiger partial charge in [-0.25, -0.2) is 0 Å². The summed E-state index contributed by atoms with van der Waals surface area (Å²) in [5, 5.41) is 5.25. The molecule has 2 aliphatic carbocycles. The average molecular weight is 240 g/mol. The largest absolute Gasteiger partial charge is 0.340 e. The molecule has 1 atom stereocenters. The summed E-state index contributed by atoms with van der Waals surface area (Å²) in [7, 11) is 0. The number of allylic oxidation sites excluding steroid dienone is 3. The zero-order chi connectivity index (χ0) is 13.0. The Bertz CT molecular complexity index is 581. The van der Waals surface area contributed by atoms with Gasteiger partial charge < -0.3 is 10.6 Å². The topological polar surface area (TPSA) is 58.2 Å². The molecule has 4 heteroatoms. The highest BCUT2D eigenvalue weighted by atomic mass is 16.2. The average Bonchev–Trinajstić information content (AvgIpc) is 3.01. The molecule has 0 spiro atoms. The molecular weight excluding hydrogens is 228 g/mol. The van der Waals surface area contributed by atoms with Crippen LogP contribution in [0.15, 0.2) is 59.2 Å². The Kier molecular flexibility index (Phi) is 3.44. The first-order valence-electron chi connectivity index (χ1n) is 5.55. The van der Waals surface area contributed by atoms with Gasteiger partial charge in [-0.2, -0.15) is 0 Å². The highest BCUT2D eigenvalue weighted by molar-refractivity contribution is 5.99. The molecule has 0 heterocycles. The maximum atomic E-state index is 11.8. The second-order valence-corrected chi connectivity index (χ2v) is 3.85. The molecule has 0 saturated heterocycles.